The largest absolute Gasteiger partial charge is 0.394 e. The minimum Gasteiger partial charge on any atom is -0.394 e. The van der Waals surface area contributed by atoms with E-state index in [0.717, 1.165) is 38.9 Å². The number of aliphatic hydroxyl groups is 1. The van der Waals surface area contributed by atoms with Crippen LogP contribution in [0.2, 0.25) is 0 Å². The van der Waals surface area contributed by atoms with Gasteiger partial charge < -0.3 is 15.3 Å². The Balaban J connectivity index is 2.01. The minimum absolute atomic E-state index is 0.0639. The molecule has 0 radical (unpaired) electrons. The second kappa shape index (κ2) is 5.15. The summed E-state index contributed by atoms with van der Waals surface area (Å²) in [5.41, 5.74) is 0. The van der Waals surface area contributed by atoms with Gasteiger partial charge in [0.2, 0.25) is 5.91 Å². The maximum absolute atomic E-state index is 12.4. The lowest BCUT2D eigenvalue weighted by molar-refractivity contribution is -0.140. The molecular weight excluding hydrogens is 204 g/mol. The number of likely N-dealkylation sites (tertiary alicyclic amines) is 1. The molecule has 4 nitrogen and oxygen atoms in total. The first-order valence-corrected chi connectivity index (χ1v) is 6.36. The number of nitrogens with zero attached hydrogens (tertiary/aromatic N) is 1. The number of carbonyl (C=O) groups excluding carboxylic acids is 1. The fourth-order valence-corrected chi connectivity index (χ4v) is 2.83. The van der Waals surface area contributed by atoms with E-state index in [1.807, 2.05) is 4.90 Å². The van der Waals surface area contributed by atoms with Crippen molar-refractivity contribution in [3.05, 3.63) is 0 Å². The number of rotatable bonds is 2. The molecule has 2 fully saturated rings. The van der Waals surface area contributed by atoms with E-state index < -0.39 is 0 Å². The second-order valence-electron chi connectivity index (χ2n) is 5.11. The summed E-state index contributed by atoms with van der Waals surface area (Å²) in [5.74, 6) is 0.789. The van der Waals surface area contributed by atoms with Gasteiger partial charge in [-0.2, -0.15) is 0 Å². The van der Waals surface area contributed by atoms with Crippen LogP contribution in [-0.4, -0.2) is 48.2 Å². The maximum atomic E-state index is 12.4. The van der Waals surface area contributed by atoms with Crippen LogP contribution < -0.4 is 5.32 Å². The lowest BCUT2D eigenvalue weighted by Gasteiger charge is -2.36. The smallest absolute Gasteiger partial charge is 0.227 e. The molecule has 0 aromatic carbocycles. The van der Waals surface area contributed by atoms with Crippen LogP contribution in [0.15, 0.2) is 0 Å². The Labute approximate surface area is 97.0 Å². The lowest BCUT2D eigenvalue weighted by atomic mass is 9.93. The van der Waals surface area contributed by atoms with E-state index in [1.54, 1.807) is 0 Å². The summed E-state index contributed by atoms with van der Waals surface area (Å²) in [6.07, 6.45) is 3.17. The van der Waals surface area contributed by atoms with Crippen molar-refractivity contribution in [1.82, 2.24) is 10.2 Å². The average molecular weight is 226 g/mol. The maximum Gasteiger partial charge on any atom is 0.227 e. The van der Waals surface area contributed by atoms with Crippen molar-refractivity contribution in [3.8, 4) is 0 Å². The summed E-state index contributed by atoms with van der Waals surface area (Å²) in [7, 11) is 0. The molecule has 3 unspecified atom stereocenters. The topological polar surface area (TPSA) is 52.6 Å². The molecule has 1 amide bonds. The predicted octanol–water partition coefficient (Wildman–Crippen LogP) is 0.215. The van der Waals surface area contributed by atoms with Crippen LogP contribution >= 0.6 is 0 Å². The molecule has 0 aromatic heterocycles. The van der Waals surface area contributed by atoms with E-state index in [-0.39, 0.29) is 24.5 Å². The van der Waals surface area contributed by atoms with Gasteiger partial charge in [-0.05, 0) is 31.7 Å². The summed E-state index contributed by atoms with van der Waals surface area (Å²) in [4.78, 5) is 14.3. The highest BCUT2D eigenvalue weighted by Crippen LogP contribution is 2.24. The van der Waals surface area contributed by atoms with Crippen molar-refractivity contribution in [1.29, 1.82) is 0 Å². The van der Waals surface area contributed by atoms with E-state index in [9.17, 15) is 9.90 Å². The number of nitrogens with one attached hydrogen (secondary N) is 1. The van der Waals surface area contributed by atoms with Crippen LogP contribution in [0, 0.1) is 11.8 Å². The normalized spacial score (nSPS) is 35.4. The Morgan fingerprint density at radius 2 is 2.25 bits per heavy atom. The molecule has 2 N–H and O–H groups in total. The molecule has 0 aromatic rings. The van der Waals surface area contributed by atoms with Gasteiger partial charge in [-0.1, -0.05) is 6.92 Å². The molecule has 0 bridgehead atoms. The second-order valence-corrected chi connectivity index (χ2v) is 5.11. The fourth-order valence-electron chi connectivity index (χ4n) is 2.83. The highest BCUT2D eigenvalue weighted by Gasteiger charge is 2.36. The van der Waals surface area contributed by atoms with Crippen molar-refractivity contribution in [2.24, 2.45) is 11.8 Å². The van der Waals surface area contributed by atoms with Crippen LogP contribution in [0.5, 0.6) is 0 Å². The first-order valence-electron chi connectivity index (χ1n) is 6.36. The number of piperidine rings is 1. The molecule has 4 heteroatoms. The van der Waals surface area contributed by atoms with Crippen molar-refractivity contribution in [2.75, 3.05) is 26.2 Å². The Hall–Kier alpha value is -0.610. The first kappa shape index (κ1) is 11.9. The summed E-state index contributed by atoms with van der Waals surface area (Å²) < 4.78 is 0. The van der Waals surface area contributed by atoms with Crippen molar-refractivity contribution >= 4 is 5.91 Å². The van der Waals surface area contributed by atoms with Crippen molar-refractivity contribution in [3.63, 3.8) is 0 Å². The molecular formula is C12H22N2O2. The van der Waals surface area contributed by atoms with E-state index in [0.29, 0.717) is 5.92 Å². The number of amides is 1. The summed E-state index contributed by atoms with van der Waals surface area (Å²) in [6.45, 7) is 4.80. The third kappa shape index (κ3) is 2.23. The summed E-state index contributed by atoms with van der Waals surface area (Å²) in [5, 5.41) is 12.6. The molecule has 2 heterocycles. The molecule has 16 heavy (non-hydrogen) atoms. The number of aliphatic hydroxyl groups excluding tert-OH is 1. The monoisotopic (exact) mass is 226 g/mol. The van der Waals surface area contributed by atoms with Gasteiger partial charge in [-0.25, -0.2) is 0 Å². The Bertz CT molecular complexity index is 257. The zero-order valence-electron chi connectivity index (χ0n) is 9.98. The standard InChI is InChI=1S/C12H22N2O2/c1-9-6-13-7-11(9)12(16)14-5-3-2-4-10(14)8-15/h9-11,13,15H,2-8H2,1H3. The quantitative estimate of drug-likeness (QED) is 0.708. The Kier molecular flexibility index (Phi) is 3.82. The zero-order valence-corrected chi connectivity index (χ0v) is 9.98. The Morgan fingerprint density at radius 3 is 2.88 bits per heavy atom. The van der Waals surface area contributed by atoms with Gasteiger partial charge in [-0.15, -0.1) is 0 Å². The molecule has 2 rings (SSSR count). The van der Waals surface area contributed by atoms with Crippen LogP contribution in [0.1, 0.15) is 26.2 Å². The van der Waals surface area contributed by atoms with Crippen molar-refractivity contribution in [2.45, 2.75) is 32.2 Å². The summed E-state index contributed by atoms with van der Waals surface area (Å²) in [6, 6.07) is 0.0639. The van der Waals surface area contributed by atoms with E-state index >= 15 is 0 Å². The Morgan fingerprint density at radius 1 is 1.44 bits per heavy atom. The SMILES string of the molecule is CC1CNCC1C(=O)N1CCCCC1CO. The number of hydrogen-bond donors (Lipinski definition) is 2. The van der Waals surface area contributed by atoms with Gasteiger partial charge in [-0.3, -0.25) is 4.79 Å². The van der Waals surface area contributed by atoms with Gasteiger partial charge in [0.25, 0.3) is 0 Å². The predicted molar refractivity (Wildman–Crippen MR) is 62.0 cm³/mol. The molecule has 2 aliphatic heterocycles. The van der Waals surface area contributed by atoms with Crippen molar-refractivity contribution < 1.29 is 9.90 Å². The van der Waals surface area contributed by atoms with Crippen LogP contribution in [-0.2, 0) is 4.79 Å². The lowest BCUT2D eigenvalue weighted by Crippen LogP contribution is -2.49. The van der Waals surface area contributed by atoms with Crippen LogP contribution in [0.3, 0.4) is 0 Å². The minimum atomic E-state index is 0.0639. The molecule has 0 aliphatic carbocycles. The van der Waals surface area contributed by atoms with Crippen LogP contribution in [0.25, 0.3) is 0 Å². The third-order valence-electron chi connectivity index (χ3n) is 3.96. The van der Waals surface area contributed by atoms with Gasteiger partial charge in [0.15, 0.2) is 0 Å². The van der Waals surface area contributed by atoms with E-state index in [1.165, 1.54) is 0 Å². The average Bonchev–Trinajstić information content (AvgIpc) is 2.74. The highest BCUT2D eigenvalue weighted by atomic mass is 16.3. The van der Waals surface area contributed by atoms with Crippen LogP contribution in [0.4, 0.5) is 0 Å². The molecule has 0 saturated carbocycles. The van der Waals surface area contributed by atoms with Gasteiger partial charge in [0, 0.05) is 13.1 Å². The first-order chi connectivity index (χ1) is 7.74. The number of hydrogen-bond acceptors (Lipinski definition) is 3. The number of carbonyl (C=O) groups is 1. The fraction of sp³-hybridized carbons (Fsp3) is 0.917. The molecule has 2 aliphatic rings. The van der Waals surface area contributed by atoms with Gasteiger partial charge in [0.05, 0.1) is 18.6 Å². The molecule has 3 atom stereocenters. The van der Waals surface area contributed by atoms with Gasteiger partial charge in [0.1, 0.15) is 0 Å². The van der Waals surface area contributed by atoms with Gasteiger partial charge >= 0.3 is 0 Å². The molecule has 92 valence electrons. The third-order valence-corrected chi connectivity index (χ3v) is 3.96. The summed E-state index contributed by atoms with van der Waals surface area (Å²) >= 11 is 0. The molecule has 2 saturated heterocycles. The highest BCUT2D eigenvalue weighted by molar-refractivity contribution is 5.80. The molecule has 0 spiro atoms. The van der Waals surface area contributed by atoms with E-state index in [2.05, 4.69) is 12.2 Å². The zero-order chi connectivity index (χ0) is 11.5. The van der Waals surface area contributed by atoms with E-state index in [4.69, 9.17) is 0 Å².